The summed E-state index contributed by atoms with van der Waals surface area (Å²) in [5.74, 6) is 0. The van der Waals surface area contributed by atoms with Crippen LogP contribution in [0.15, 0.2) is 6.20 Å². The second kappa shape index (κ2) is 3.51. The molecule has 0 bridgehead atoms. The fourth-order valence-electron chi connectivity index (χ4n) is 0.735. The van der Waals surface area contributed by atoms with E-state index in [0.29, 0.717) is 0 Å². The van der Waals surface area contributed by atoms with E-state index in [2.05, 4.69) is 32.1 Å². The van der Waals surface area contributed by atoms with Crippen molar-refractivity contribution in [2.75, 3.05) is 0 Å². The van der Waals surface area contributed by atoms with E-state index in [4.69, 9.17) is 0 Å². The van der Waals surface area contributed by atoms with E-state index >= 15 is 0 Å². The largest absolute Gasteiger partial charge is 0.456 e. The summed E-state index contributed by atoms with van der Waals surface area (Å²) in [6.07, 6.45) is 4.84. The van der Waals surface area contributed by atoms with E-state index < -0.39 is 0 Å². The molecule has 0 aromatic carbocycles. The van der Waals surface area contributed by atoms with E-state index in [0.717, 1.165) is 5.69 Å². The van der Waals surface area contributed by atoms with E-state index in [-0.39, 0.29) is 25.8 Å². The molecule has 63 valence electrons. The van der Waals surface area contributed by atoms with Crippen molar-refractivity contribution in [2.45, 2.75) is 26.2 Å². The normalized spacial score (nSPS) is 10.9. The van der Waals surface area contributed by atoms with E-state index in [1.165, 1.54) is 0 Å². The van der Waals surface area contributed by atoms with Crippen molar-refractivity contribution in [3.63, 3.8) is 0 Å². The zero-order valence-corrected chi connectivity index (χ0v) is 10.1. The number of hydrogen-bond acceptors (Lipinski definition) is 1. The molecule has 1 aromatic heterocycles. The van der Waals surface area contributed by atoms with Gasteiger partial charge in [-0.15, -0.1) is 6.20 Å². The van der Waals surface area contributed by atoms with Crippen molar-refractivity contribution in [1.82, 2.24) is 9.55 Å². The Kier molecular flexibility index (Phi) is 3.47. The van der Waals surface area contributed by atoms with Crippen LogP contribution < -0.4 is 0 Å². The summed E-state index contributed by atoms with van der Waals surface area (Å²) in [6, 6.07) is 0. The number of imidazole rings is 1. The van der Waals surface area contributed by atoms with Gasteiger partial charge in [-0.25, -0.2) is 0 Å². The van der Waals surface area contributed by atoms with Crippen LogP contribution >= 0.6 is 0 Å². The summed E-state index contributed by atoms with van der Waals surface area (Å²) >= 11 is 0. The molecule has 0 saturated heterocycles. The molecule has 3 heteroatoms. The smallest absolute Gasteiger partial charge is 0.000484 e. The van der Waals surface area contributed by atoms with E-state index in [1.54, 1.807) is 0 Å². The van der Waals surface area contributed by atoms with E-state index in [9.17, 15) is 0 Å². The van der Waals surface area contributed by atoms with Gasteiger partial charge in [-0.05, 0) is 7.05 Å². The maximum atomic E-state index is 4.12. The van der Waals surface area contributed by atoms with Crippen LogP contribution in [0.2, 0.25) is 0 Å². The molecule has 0 saturated carbocycles. The van der Waals surface area contributed by atoms with Crippen LogP contribution in [0.3, 0.4) is 0 Å². The van der Waals surface area contributed by atoms with Crippen LogP contribution in [-0.4, -0.2) is 9.55 Å². The Hall–Kier alpha value is -0.128. The standard InChI is InChI=1S/C8H13N2.Re/c1-8(2,3)7-5-10(4)6-9-7;/h5H,1-4H3;/q-1;. The molecule has 0 aliphatic carbocycles. The molecule has 11 heavy (non-hydrogen) atoms. The van der Waals surface area contributed by atoms with Crippen LogP contribution in [-0.2, 0) is 32.9 Å². The molecule has 0 unspecified atom stereocenters. The number of hydrogen-bond donors (Lipinski definition) is 0. The number of nitrogens with zero attached hydrogens (tertiary/aromatic N) is 2. The molecule has 1 rings (SSSR count). The summed E-state index contributed by atoms with van der Waals surface area (Å²) in [5, 5.41) is 0. The number of aromatic nitrogens is 2. The zero-order valence-electron chi connectivity index (χ0n) is 7.35. The van der Waals surface area contributed by atoms with Gasteiger partial charge in [0.05, 0.1) is 0 Å². The van der Waals surface area contributed by atoms with Crippen LogP contribution in [0.5, 0.6) is 0 Å². The van der Waals surface area contributed by atoms with Gasteiger partial charge in [-0.2, -0.15) is 0 Å². The molecule has 0 fully saturated rings. The Balaban J connectivity index is 0.000001000. The molecular formula is C8H13N2Re-. The molecule has 1 radical (unpaired) electrons. The zero-order chi connectivity index (χ0) is 7.78. The van der Waals surface area contributed by atoms with Crippen LogP contribution in [0.25, 0.3) is 0 Å². The van der Waals surface area contributed by atoms with Crippen LogP contribution in [0.4, 0.5) is 0 Å². The average Bonchev–Trinajstić information content (AvgIpc) is 2.11. The van der Waals surface area contributed by atoms with Gasteiger partial charge < -0.3 is 9.55 Å². The molecule has 1 heterocycles. The quantitative estimate of drug-likeness (QED) is 0.662. The Morgan fingerprint density at radius 3 is 2.18 bits per heavy atom. The minimum absolute atomic E-state index is 0. The topological polar surface area (TPSA) is 17.8 Å². The first-order valence-electron chi connectivity index (χ1n) is 3.41. The van der Waals surface area contributed by atoms with Gasteiger partial charge in [-0.3, -0.25) is 0 Å². The number of rotatable bonds is 0. The molecule has 0 N–H and O–H groups in total. The predicted octanol–water partition coefficient (Wildman–Crippen LogP) is 1.52. The van der Waals surface area contributed by atoms with Crippen molar-refractivity contribution in [2.24, 2.45) is 7.05 Å². The fraction of sp³-hybridized carbons (Fsp3) is 0.625. The second-order valence-corrected chi connectivity index (χ2v) is 3.59. The Morgan fingerprint density at radius 1 is 1.45 bits per heavy atom. The third kappa shape index (κ3) is 2.77. The minimum Gasteiger partial charge on any atom is -0.456 e. The summed E-state index contributed by atoms with van der Waals surface area (Å²) in [6.45, 7) is 6.43. The molecular weight excluding hydrogens is 310 g/mol. The Bertz CT molecular complexity index is 222. The SMILES string of the molecule is Cn1[c-]nc(C(C)(C)C)c1.[Re]. The third-order valence-corrected chi connectivity index (χ3v) is 1.41. The van der Waals surface area contributed by atoms with Gasteiger partial charge in [-0.1, -0.05) is 31.9 Å². The third-order valence-electron chi connectivity index (χ3n) is 1.41. The van der Waals surface area contributed by atoms with Gasteiger partial charge in [0.15, 0.2) is 0 Å². The molecule has 0 amide bonds. The predicted molar refractivity (Wildman–Crippen MR) is 40.7 cm³/mol. The monoisotopic (exact) mass is 324 g/mol. The molecule has 1 aromatic rings. The molecule has 2 nitrogen and oxygen atoms in total. The van der Waals surface area contributed by atoms with Crippen LogP contribution in [0.1, 0.15) is 26.5 Å². The Morgan fingerprint density at radius 2 is 2.00 bits per heavy atom. The molecule has 0 aliphatic rings. The van der Waals surface area contributed by atoms with Crippen molar-refractivity contribution in [3.05, 3.63) is 18.2 Å². The van der Waals surface area contributed by atoms with Crippen molar-refractivity contribution in [1.29, 1.82) is 0 Å². The average molecular weight is 323 g/mol. The maximum Gasteiger partial charge on any atom is 0.000484 e. The van der Waals surface area contributed by atoms with Gasteiger partial charge in [0.25, 0.3) is 0 Å². The molecule has 0 aliphatic heterocycles. The first kappa shape index (κ1) is 10.9. The maximum absolute atomic E-state index is 4.12. The molecule has 0 spiro atoms. The van der Waals surface area contributed by atoms with Gasteiger partial charge in [0.1, 0.15) is 0 Å². The van der Waals surface area contributed by atoms with Gasteiger partial charge >= 0.3 is 0 Å². The second-order valence-electron chi connectivity index (χ2n) is 3.59. The van der Waals surface area contributed by atoms with Crippen molar-refractivity contribution in [3.8, 4) is 0 Å². The summed E-state index contributed by atoms with van der Waals surface area (Å²) in [4.78, 5) is 4.12. The molecule has 0 atom stereocenters. The van der Waals surface area contributed by atoms with Crippen molar-refractivity contribution >= 4 is 0 Å². The number of aryl methyl sites for hydroxylation is 1. The van der Waals surface area contributed by atoms with Gasteiger partial charge in [0.2, 0.25) is 0 Å². The fourth-order valence-corrected chi connectivity index (χ4v) is 0.735. The van der Waals surface area contributed by atoms with Gasteiger partial charge in [0, 0.05) is 26.8 Å². The van der Waals surface area contributed by atoms with Crippen LogP contribution in [0, 0.1) is 6.33 Å². The summed E-state index contributed by atoms with van der Waals surface area (Å²) in [7, 11) is 1.93. The van der Waals surface area contributed by atoms with Crippen molar-refractivity contribution < 1.29 is 20.4 Å². The summed E-state index contributed by atoms with van der Waals surface area (Å²) < 4.78 is 1.85. The minimum atomic E-state index is 0. The van der Waals surface area contributed by atoms with E-state index in [1.807, 2.05) is 17.8 Å². The first-order valence-corrected chi connectivity index (χ1v) is 3.41. The summed E-state index contributed by atoms with van der Waals surface area (Å²) in [5.41, 5.74) is 1.24. The Labute approximate surface area is 81.7 Å². The first-order chi connectivity index (χ1) is 4.50.